The van der Waals surface area contributed by atoms with Gasteiger partial charge in [0.1, 0.15) is 5.75 Å². The minimum atomic E-state index is 0.574. The van der Waals surface area contributed by atoms with Crippen LogP contribution in [0.1, 0.15) is 32.3 Å². The molecule has 2 aliphatic rings. The van der Waals surface area contributed by atoms with E-state index in [0.717, 1.165) is 37.9 Å². The zero-order valence-electron chi connectivity index (χ0n) is 12.6. The van der Waals surface area contributed by atoms with Crippen molar-refractivity contribution in [3.05, 3.63) is 29.8 Å². The maximum Gasteiger partial charge on any atom is 0.119 e. The molecule has 2 unspecified atom stereocenters. The molecule has 110 valence electrons. The summed E-state index contributed by atoms with van der Waals surface area (Å²) in [7, 11) is 0. The summed E-state index contributed by atoms with van der Waals surface area (Å²) in [6.45, 7) is 8.73. The van der Waals surface area contributed by atoms with Crippen molar-refractivity contribution in [1.29, 1.82) is 0 Å². The van der Waals surface area contributed by atoms with Crippen LogP contribution < -0.4 is 10.1 Å². The van der Waals surface area contributed by atoms with Crippen molar-refractivity contribution in [2.45, 2.75) is 45.3 Å². The van der Waals surface area contributed by atoms with Crippen molar-refractivity contribution >= 4 is 0 Å². The fourth-order valence-electron chi connectivity index (χ4n) is 2.77. The maximum absolute atomic E-state index is 5.79. The van der Waals surface area contributed by atoms with Crippen molar-refractivity contribution in [3.63, 3.8) is 0 Å². The van der Waals surface area contributed by atoms with Gasteiger partial charge in [-0.2, -0.15) is 0 Å². The quantitative estimate of drug-likeness (QED) is 0.893. The average molecular weight is 274 g/mol. The van der Waals surface area contributed by atoms with Gasteiger partial charge in [0.05, 0.1) is 6.61 Å². The number of nitrogens with one attached hydrogen (secondary N) is 1. The Hall–Kier alpha value is -1.06. The van der Waals surface area contributed by atoms with E-state index in [1.54, 1.807) is 0 Å². The molecule has 3 nitrogen and oxygen atoms in total. The zero-order chi connectivity index (χ0) is 13.9. The van der Waals surface area contributed by atoms with Gasteiger partial charge in [-0.3, -0.25) is 4.90 Å². The number of rotatable bonds is 5. The molecule has 0 spiro atoms. The first-order valence-electron chi connectivity index (χ1n) is 7.91. The van der Waals surface area contributed by atoms with E-state index < -0.39 is 0 Å². The smallest absolute Gasteiger partial charge is 0.119 e. The number of hydrogen-bond donors (Lipinski definition) is 1. The molecule has 1 heterocycles. The van der Waals surface area contributed by atoms with Gasteiger partial charge in [-0.15, -0.1) is 0 Å². The van der Waals surface area contributed by atoms with Crippen molar-refractivity contribution in [3.8, 4) is 5.75 Å². The van der Waals surface area contributed by atoms with Crippen LogP contribution in [0.2, 0.25) is 0 Å². The van der Waals surface area contributed by atoms with E-state index in [0.29, 0.717) is 12.1 Å². The van der Waals surface area contributed by atoms with Crippen LogP contribution in [0.15, 0.2) is 24.3 Å². The van der Waals surface area contributed by atoms with Gasteiger partial charge in [-0.1, -0.05) is 12.1 Å². The summed E-state index contributed by atoms with van der Waals surface area (Å²) in [4.78, 5) is 2.56. The molecular weight excluding hydrogens is 248 g/mol. The molecular formula is C17H26N2O. The lowest BCUT2D eigenvalue weighted by Crippen LogP contribution is -2.54. The van der Waals surface area contributed by atoms with Crippen molar-refractivity contribution in [1.82, 2.24) is 10.2 Å². The van der Waals surface area contributed by atoms with E-state index in [-0.39, 0.29) is 0 Å². The summed E-state index contributed by atoms with van der Waals surface area (Å²) in [5.74, 6) is 1.83. The first-order valence-corrected chi connectivity index (χ1v) is 7.91. The Bertz CT molecular complexity index is 427. The molecule has 3 rings (SSSR count). The highest BCUT2D eigenvalue weighted by atomic mass is 16.5. The Morgan fingerprint density at radius 2 is 1.95 bits per heavy atom. The SMILES string of the molecule is CC1NCCN(Cc2ccc(OCC3CC3)cc2)C1C. The molecule has 0 bridgehead atoms. The van der Waals surface area contributed by atoms with Crippen LogP contribution in [0, 0.1) is 5.92 Å². The Morgan fingerprint density at radius 1 is 1.20 bits per heavy atom. The highest BCUT2D eigenvalue weighted by Crippen LogP contribution is 2.29. The molecule has 2 atom stereocenters. The standard InChI is InChI=1S/C17H26N2O/c1-13-14(2)19(10-9-18-13)11-15-5-7-17(8-6-15)20-12-16-3-4-16/h5-8,13-14,16,18H,3-4,9-12H2,1-2H3. The van der Waals surface area contributed by atoms with E-state index in [1.165, 1.54) is 18.4 Å². The Labute approximate surface area is 122 Å². The van der Waals surface area contributed by atoms with E-state index >= 15 is 0 Å². The normalized spacial score (nSPS) is 27.5. The molecule has 1 aliphatic carbocycles. The van der Waals surface area contributed by atoms with Gasteiger partial charge in [0.15, 0.2) is 0 Å². The highest BCUT2D eigenvalue weighted by Gasteiger charge is 2.24. The molecule has 1 aromatic rings. The molecule has 3 heteroatoms. The lowest BCUT2D eigenvalue weighted by atomic mass is 10.1. The monoisotopic (exact) mass is 274 g/mol. The number of piperazine rings is 1. The predicted molar refractivity (Wildman–Crippen MR) is 82.0 cm³/mol. The van der Waals surface area contributed by atoms with Crippen LogP contribution in [0.3, 0.4) is 0 Å². The third kappa shape index (κ3) is 3.53. The van der Waals surface area contributed by atoms with E-state index in [4.69, 9.17) is 4.74 Å². The van der Waals surface area contributed by atoms with E-state index in [2.05, 4.69) is 48.3 Å². The fraction of sp³-hybridized carbons (Fsp3) is 0.647. The highest BCUT2D eigenvalue weighted by molar-refractivity contribution is 5.27. The Balaban J connectivity index is 1.53. The minimum absolute atomic E-state index is 0.574. The average Bonchev–Trinajstić information content (AvgIpc) is 3.27. The molecule has 1 saturated carbocycles. The third-order valence-electron chi connectivity index (χ3n) is 4.66. The predicted octanol–water partition coefficient (Wildman–Crippen LogP) is 2.66. The topological polar surface area (TPSA) is 24.5 Å². The van der Waals surface area contributed by atoms with E-state index in [9.17, 15) is 0 Å². The lowest BCUT2D eigenvalue weighted by molar-refractivity contribution is 0.131. The molecule has 1 aromatic carbocycles. The molecule has 0 radical (unpaired) electrons. The second kappa shape index (κ2) is 6.15. The fourth-order valence-corrected chi connectivity index (χ4v) is 2.77. The maximum atomic E-state index is 5.79. The van der Waals surface area contributed by atoms with E-state index in [1.807, 2.05) is 0 Å². The summed E-state index contributed by atoms with van der Waals surface area (Å²) in [6, 6.07) is 9.82. The molecule has 0 amide bonds. The van der Waals surface area contributed by atoms with Crippen LogP contribution in [0.25, 0.3) is 0 Å². The molecule has 0 aromatic heterocycles. The second-order valence-corrected chi connectivity index (χ2v) is 6.35. The Kier molecular flexibility index (Phi) is 4.27. The molecule has 1 saturated heterocycles. The van der Waals surface area contributed by atoms with Crippen molar-refractivity contribution in [2.75, 3.05) is 19.7 Å². The number of nitrogens with zero attached hydrogens (tertiary/aromatic N) is 1. The number of benzene rings is 1. The van der Waals surface area contributed by atoms with Gasteiger partial charge in [0.25, 0.3) is 0 Å². The summed E-state index contributed by atoms with van der Waals surface area (Å²) < 4.78 is 5.79. The third-order valence-corrected chi connectivity index (χ3v) is 4.66. The number of ether oxygens (including phenoxy) is 1. The van der Waals surface area contributed by atoms with Crippen LogP contribution in [-0.4, -0.2) is 36.7 Å². The van der Waals surface area contributed by atoms with Gasteiger partial charge in [-0.05, 0) is 50.3 Å². The molecule has 2 fully saturated rings. The lowest BCUT2D eigenvalue weighted by Gasteiger charge is -2.38. The summed E-state index contributed by atoms with van der Waals surface area (Å²) in [6.07, 6.45) is 2.69. The van der Waals surface area contributed by atoms with Gasteiger partial charge >= 0.3 is 0 Å². The second-order valence-electron chi connectivity index (χ2n) is 6.35. The summed E-state index contributed by atoms with van der Waals surface area (Å²) in [5.41, 5.74) is 1.38. The van der Waals surface area contributed by atoms with Crippen molar-refractivity contribution in [2.24, 2.45) is 5.92 Å². The minimum Gasteiger partial charge on any atom is -0.493 e. The van der Waals surface area contributed by atoms with Crippen LogP contribution in [0.4, 0.5) is 0 Å². The summed E-state index contributed by atoms with van der Waals surface area (Å²) >= 11 is 0. The molecule has 1 N–H and O–H groups in total. The largest absolute Gasteiger partial charge is 0.493 e. The van der Waals surface area contributed by atoms with Crippen molar-refractivity contribution < 1.29 is 4.74 Å². The molecule has 20 heavy (non-hydrogen) atoms. The van der Waals surface area contributed by atoms with Gasteiger partial charge in [0, 0.05) is 31.7 Å². The number of hydrogen-bond acceptors (Lipinski definition) is 3. The van der Waals surface area contributed by atoms with Crippen LogP contribution >= 0.6 is 0 Å². The Morgan fingerprint density at radius 3 is 2.65 bits per heavy atom. The zero-order valence-corrected chi connectivity index (χ0v) is 12.6. The first kappa shape index (κ1) is 13.9. The van der Waals surface area contributed by atoms with Gasteiger partial charge < -0.3 is 10.1 Å². The molecule has 1 aliphatic heterocycles. The van der Waals surface area contributed by atoms with Gasteiger partial charge in [0.2, 0.25) is 0 Å². The summed E-state index contributed by atoms with van der Waals surface area (Å²) in [5, 5.41) is 3.53. The van der Waals surface area contributed by atoms with Gasteiger partial charge in [-0.25, -0.2) is 0 Å². The van der Waals surface area contributed by atoms with Crippen LogP contribution in [-0.2, 0) is 6.54 Å². The van der Waals surface area contributed by atoms with Crippen LogP contribution in [0.5, 0.6) is 5.75 Å². The first-order chi connectivity index (χ1) is 9.72.